The Kier molecular flexibility index (Phi) is 7.78. The molecule has 33 heavy (non-hydrogen) atoms. The molecule has 0 aromatic heterocycles. The van der Waals surface area contributed by atoms with Gasteiger partial charge in [-0.05, 0) is 78.5 Å². The number of fused-ring (bicyclic) bond motifs is 1. The highest BCUT2D eigenvalue weighted by molar-refractivity contribution is 5.89. The van der Waals surface area contributed by atoms with Crippen LogP contribution in [0.3, 0.4) is 0 Å². The van der Waals surface area contributed by atoms with Crippen LogP contribution >= 0.6 is 0 Å². The summed E-state index contributed by atoms with van der Waals surface area (Å²) < 4.78 is 45.0. The standard InChI is InChI=1S/C30H35F3/c1-3-5-6-8-25-19-24-17-18-26(29(32)27(24)30(33)28(25)31)23-15-13-22(14-16-23)21-11-9-20(7-4-2)10-12-21/h13-21H,3-12H2,1-2H3. The topological polar surface area (TPSA) is 0 Å². The Hall–Kier alpha value is -2.29. The zero-order chi connectivity index (χ0) is 23.4. The van der Waals surface area contributed by atoms with E-state index in [1.54, 1.807) is 18.2 Å². The number of hydrogen-bond acceptors (Lipinski definition) is 0. The smallest absolute Gasteiger partial charge is 0.169 e. The van der Waals surface area contributed by atoms with E-state index in [0.29, 0.717) is 34.4 Å². The summed E-state index contributed by atoms with van der Waals surface area (Å²) in [6, 6.07) is 13.0. The van der Waals surface area contributed by atoms with E-state index in [4.69, 9.17) is 0 Å². The van der Waals surface area contributed by atoms with Gasteiger partial charge in [0.25, 0.3) is 0 Å². The molecule has 0 atom stereocenters. The van der Waals surface area contributed by atoms with Crippen LogP contribution in [-0.4, -0.2) is 0 Å². The lowest BCUT2D eigenvalue weighted by atomic mass is 9.77. The summed E-state index contributed by atoms with van der Waals surface area (Å²) in [4.78, 5) is 0. The maximum absolute atomic E-state index is 15.4. The first kappa shape index (κ1) is 23.9. The Labute approximate surface area is 196 Å². The normalized spacial score (nSPS) is 18.7. The first-order valence-corrected chi connectivity index (χ1v) is 12.7. The lowest BCUT2D eigenvalue weighted by molar-refractivity contribution is 0.308. The molecule has 0 heterocycles. The van der Waals surface area contributed by atoms with Crippen molar-refractivity contribution in [2.45, 2.75) is 84.0 Å². The number of halogens is 3. The van der Waals surface area contributed by atoms with E-state index in [0.717, 1.165) is 25.2 Å². The number of rotatable bonds is 8. The van der Waals surface area contributed by atoms with Crippen LogP contribution < -0.4 is 0 Å². The van der Waals surface area contributed by atoms with Gasteiger partial charge in [-0.1, -0.05) is 75.9 Å². The van der Waals surface area contributed by atoms with E-state index in [-0.39, 0.29) is 5.39 Å². The fourth-order valence-electron chi connectivity index (χ4n) is 5.53. The minimum absolute atomic E-state index is 0.248. The monoisotopic (exact) mass is 452 g/mol. The lowest BCUT2D eigenvalue weighted by Crippen LogP contribution is -2.13. The molecule has 0 aliphatic heterocycles. The quantitative estimate of drug-likeness (QED) is 0.298. The van der Waals surface area contributed by atoms with Gasteiger partial charge in [-0.2, -0.15) is 0 Å². The third-order valence-electron chi connectivity index (χ3n) is 7.48. The summed E-state index contributed by atoms with van der Waals surface area (Å²) >= 11 is 0. The molecule has 4 rings (SSSR count). The maximum atomic E-state index is 15.4. The molecular weight excluding hydrogens is 417 g/mol. The summed E-state index contributed by atoms with van der Waals surface area (Å²) in [5.41, 5.74) is 2.64. The minimum atomic E-state index is -1.07. The first-order chi connectivity index (χ1) is 16.0. The lowest BCUT2D eigenvalue weighted by Gasteiger charge is -2.28. The van der Waals surface area contributed by atoms with E-state index in [1.165, 1.54) is 44.1 Å². The molecule has 3 aromatic rings. The van der Waals surface area contributed by atoms with Crippen molar-refractivity contribution in [3.05, 3.63) is 71.0 Å². The van der Waals surface area contributed by atoms with Crippen LogP contribution in [-0.2, 0) is 6.42 Å². The van der Waals surface area contributed by atoms with Crippen molar-refractivity contribution in [2.75, 3.05) is 0 Å². The molecule has 176 valence electrons. The van der Waals surface area contributed by atoms with Crippen molar-refractivity contribution in [3.8, 4) is 11.1 Å². The Morgan fingerprint density at radius 1 is 0.758 bits per heavy atom. The number of aryl methyl sites for hydroxylation is 1. The van der Waals surface area contributed by atoms with Crippen LogP contribution in [0.1, 0.15) is 88.7 Å². The van der Waals surface area contributed by atoms with Crippen molar-refractivity contribution in [2.24, 2.45) is 5.92 Å². The Morgan fingerprint density at radius 3 is 2.15 bits per heavy atom. The van der Waals surface area contributed by atoms with Crippen LogP contribution in [0.5, 0.6) is 0 Å². The zero-order valence-electron chi connectivity index (χ0n) is 19.9. The van der Waals surface area contributed by atoms with Crippen molar-refractivity contribution < 1.29 is 13.2 Å². The molecule has 0 nitrogen and oxygen atoms in total. The van der Waals surface area contributed by atoms with Crippen molar-refractivity contribution in [3.63, 3.8) is 0 Å². The maximum Gasteiger partial charge on any atom is 0.169 e. The molecule has 0 spiro atoms. The number of benzene rings is 3. The minimum Gasteiger partial charge on any atom is -0.206 e. The highest BCUT2D eigenvalue weighted by Crippen LogP contribution is 2.39. The molecule has 0 bridgehead atoms. The van der Waals surface area contributed by atoms with Gasteiger partial charge in [-0.3, -0.25) is 0 Å². The Balaban J connectivity index is 1.58. The fraction of sp³-hybridized carbons (Fsp3) is 0.467. The molecule has 0 N–H and O–H groups in total. The Bertz CT molecular complexity index is 1080. The average Bonchev–Trinajstić information content (AvgIpc) is 2.83. The van der Waals surface area contributed by atoms with Crippen LogP contribution in [0.25, 0.3) is 21.9 Å². The Morgan fingerprint density at radius 2 is 1.48 bits per heavy atom. The summed E-state index contributed by atoms with van der Waals surface area (Å²) in [6.45, 7) is 4.32. The average molecular weight is 453 g/mol. The van der Waals surface area contributed by atoms with Gasteiger partial charge >= 0.3 is 0 Å². The SMILES string of the molecule is CCCCCc1cc2ccc(-c3ccc(C4CCC(CCC)CC4)cc3)c(F)c2c(F)c1F. The summed E-state index contributed by atoms with van der Waals surface area (Å²) in [5, 5.41) is 0.171. The third-order valence-corrected chi connectivity index (χ3v) is 7.48. The van der Waals surface area contributed by atoms with Gasteiger partial charge in [0.05, 0.1) is 5.39 Å². The zero-order valence-corrected chi connectivity index (χ0v) is 19.9. The molecule has 1 saturated carbocycles. The van der Waals surface area contributed by atoms with Crippen LogP contribution in [0.15, 0.2) is 42.5 Å². The number of unbranched alkanes of at least 4 members (excludes halogenated alkanes) is 2. The fourth-order valence-corrected chi connectivity index (χ4v) is 5.53. The predicted octanol–water partition coefficient (Wildman–Crippen LogP) is 9.73. The number of hydrogen-bond donors (Lipinski definition) is 0. The van der Waals surface area contributed by atoms with Crippen molar-refractivity contribution in [1.29, 1.82) is 0 Å². The molecule has 1 fully saturated rings. The highest BCUT2D eigenvalue weighted by Gasteiger charge is 2.23. The molecule has 3 heteroatoms. The molecule has 0 radical (unpaired) electrons. The van der Waals surface area contributed by atoms with Gasteiger partial charge in [0.2, 0.25) is 0 Å². The summed E-state index contributed by atoms with van der Waals surface area (Å²) in [7, 11) is 0. The molecule has 1 aliphatic rings. The molecular formula is C30H35F3. The molecule has 0 unspecified atom stereocenters. The van der Waals surface area contributed by atoms with Crippen molar-refractivity contribution in [1.82, 2.24) is 0 Å². The molecule has 1 aliphatic carbocycles. The summed E-state index contributed by atoms with van der Waals surface area (Å²) in [5.74, 6) is -1.25. The largest absolute Gasteiger partial charge is 0.206 e. The molecule has 0 amide bonds. The molecule has 3 aromatic carbocycles. The van der Waals surface area contributed by atoms with Gasteiger partial charge in [0, 0.05) is 5.56 Å². The van der Waals surface area contributed by atoms with Crippen molar-refractivity contribution >= 4 is 10.8 Å². The van der Waals surface area contributed by atoms with Gasteiger partial charge < -0.3 is 0 Å². The first-order valence-electron chi connectivity index (χ1n) is 12.7. The second kappa shape index (κ2) is 10.8. The van der Waals surface area contributed by atoms with Crippen LogP contribution in [0, 0.1) is 23.4 Å². The second-order valence-corrected chi connectivity index (χ2v) is 9.77. The van der Waals surface area contributed by atoms with E-state index in [1.807, 2.05) is 12.1 Å². The third kappa shape index (κ3) is 5.13. The van der Waals surface area contributed by atoms with Crippen LogP contribution in [0.2, 0.25) is 0 Å². The van der Waals surface area contributed by atoms with Gasteiger partial charge in [-0.15, -0.1) is 0 Å². The van der Waals surface area contributed by atoms with Gasteiger partial charge in [0.15, 0.2) is 11.6 Å². The predicted molar refractivity (Wildman–Crippen MR) is 132 cm³/mol. The second-order valence-electron chi connectivity index (χ2n) is 9.77. The van der Waals surface area contributed by atoms with E-state index in [9.17, 15) is 8.78 Å². The summed E-state index contributed by atoms with van der Waals surface area (Å²) in [6.07, 6.45) is 10.8. The van der Waals surface area contributed by atoms with Gasteiger partial charge in [0.1, 0.15) is 5.82 Å². The van der Waals surface area contributed by atoms with Crippen LogP contribution in [0.4, 0.5) is 13.2 Å². The van der Waals surface area contributed by atoms with E-state index < -0.39 is 17.5 Å². The molecule has 0 saturated heterocycles. The van der Waals surface area contributed by atoms with Gasteiger partial charge in [-0.25, -0.2) is 13.2 Å². The van der Waals surface area contributed by atoms with E-state index in [2.05, 4.69) is 26.0 Å². The highest BCUT2D eigenvalue weighted by atomic mass is 19.2. The van der Waals surface area contributed by atoms with E-state index >= 15 is 4.39 Å².